The summed E-state index contributed by atoms with van der Waals surface area (Å²) in [4.78, 5) is 10.7. The third kappa shape index (κ3) is 1.35. The zero-order chi connectivity index (χ0) is 10.1. The van der Waals surface area contributed by atoms with Gasteiger partial charge in [0.05, 0.1) is 12.7 Å². The largest absolute Gasteiger partial charge is 0.496 e. The molecular formula is C11H12O3. The highest BCUT2D eigenvalue weighted by molar-refractivity contribution is 5.80. The van der Waals surface area contributed by atoms with Gasteiger partial charge in [-0.15, -0.1) is 0 Å². The van der Waals surface area contributed by atoms with E-state index in [-0.39, 0.29) is 6.10 Å². The molecule has 3 heteroatoms. The Morgan fingerprint density at radius 1 is 1.57 bits per heavy atom. The third-order valence-corrected chi connectivity index (χ3v) is 2.38. The predicted molar refractivity (Wildman–Crippen MR) is 52.2 cm³/mol. The van der Waals surface area contributed by atoms with Gasteiger partial charge in [-0.05, 0) is 18.6 Å². The van der Waals surface area contributed by atoms with Crippen LogP contribution in [0, 0.1) is 0 Å². The van der Waals surface area contributed by atoms with Crippen LogP contribution in [0.2, 0.25) is 0 Å². The number of hydrogen-bond acceptors (Lipinski definition) is 3. The van der Waals surface area contributed by atoms with E-state index in [9.17, 15) is 4.79 Å². The van der Waals surface area contributed by atoms with Crippen molar-refractivity contribution in [2.24, 2.45) is 0 Å². The highest BCUT2D eigenvalue weighted by Gasteiger charge is 2.21. The highest BCUT2D eigenvalue weighted by Crippen LogP contribution is 2.34. The molecule has 0 radical (unpaired) electrons. The van der Waals surface area contributed by atoms with Crippen molar-refractivity contribution in [3.8, 4) is 11.5 Å². The number of fused-ring (bicyclic) bond motifs is 1. The van der Waals surface area contributed by atoms with E-state index < -0.39 is 0 Å². The molecule has 74 valence electrons. The molecule has 3 nitrogen and oxygen atoms in total. The molecule has 0 bridgehead atoms. The van der Waals surface area contributed by atoms with Crippen LogP contribution in [0.4, 0.5) is 0 Å². The monoisotopic (exact) mass is 192 g/mol. The average molecular weight is 192 g/mol. The van der Waals surface area contributed by atoms with Crippen LogP contribution in [0.5, 0.6) is 11.5 Å². The summed E-state index contributed by atoms with van der Waals surface area (Å²) in [5.41, 5.74) is 1.67. The molecule has 0 saturated heterocycles. The lowest BCUT2D eigenvalue weighted by Crippen LogP contribution is -2.05. The molecule has 1 aromatic rings. The lowest BCUT2D eigenvalue weighted by Gasteiger charge is -2.06. The van der Waals surface area contributed by atoms with E-state index >= 15 is 0 Å². The van der Waals surface area contributed by atoms with Crippen LogP contribution in [-0.2, 0) is 6.42 Å². The molecule has 1 atom stereocenters. The van der Waals surface area contributed by atoms with Gasteiger partial charge in [0.15, 0.2) is 6.29 Å². The molecule has 1 unspecified atom stereocenters. The molecule has 0 fully saturated rings. The van der Waals surface area contributed by atoms with Gasteiger partial charge in [-0.25, -0.2) is 0 Å². The van der Waals surface area contributed by atoms with Gasteiger partial charge in [0.1, 0.15) is 17.6 Å². The zero-order valence-corrected chi connectivity index (χ0v) is 8.24. The Labute approximate surface area is 82.6 Å². The second kappa shape index (κ2) is 3.33. The number of carbonyl (C=O) groups excluding carboxylic acids is 1. The zero-order valence-electron chi connectivity index (χ0n) is 8.24. The summed E-state index contributed by atoms with van der Waals surface area (Å²) in [6.07, 6.45) is 1.86. The minimum Gasteiger partial charge on any atom is -0.496 e. The van der Waals surface area contributed by atoms with Crippen LogP contribution in [-0.4, -0.2) is 19.5 Å². The first-order chi connectivity index (χ1) is 6.74. The summed E-state index contributed by atoms with van der Waals surface area (Å²) in [7, 11) is 1.55. The van der Waals surface area contributed by atoms with Gasteiger partial charge in [0.25, 0.3) is 0 Å². The van der Waals surface area contributed by atoms with Gasteiger partial charge in [-0.2, -0.15) is 0 Å². The lowest BCUT2D eigenvalue weighted by atomic mass is 10.1. The van der Waals surface area contributed by atoms with Gasteiger partial charge in [-0.3, -0.25) is 4.79 Å². The summed E-state index contributed by atoms with van der Waals surface area (Å²) in [6, 6.07) is 3.62. The fraction of sp³-hybridized carbons (Fsp3) is 0.364. The number of hydrogen-bond donors (Lipinski definition) is 0. The number of methoxy groups -OCH3 is 1. The Hall–Kier alpha value is -1.51. The van der Waals surface area contributed by atoms with E-state index in [0.29, 0.717) is 11.3 Å². The molecule has 1 aliphatic heterocycles. The maximum Gasteiger partial charge on any atom is 0.153 e. The van der Waals surface area contributed by atoms with Gasteiger partial charge >= 0.3 is 0 Å². The topological polar surface area (TPSA) is 35.5 Å². The minimum atomic E-state index is 0.191. The molecule has 2 rings (SSSR count). The molecule has 1 heterocycles. The maximum absolute atomic E-state index is 10.7. The fourth-order valence-electron chi connectivity index (χ4n) is 1.73. The third-order valence-electron chi connectivity index (χ3n) is 2.38. The van der Waals surface area contributed by atoms with Gasteiger partial charge in [0.2, 0.25) is 0 Å². The Morgan fingerprint density at radius 3 is 3.00 bits per heavy atom. The summed E-state index contributed by atoms with van der Waals surface area (Å²) in [5.74, 6) is 1.41. The molecule has 1 aromatic carbocycles. The normalized spacial score (nSPS) is 18.6. The molecule has 0 amide bonds. The first-order valence-electron chi connectivity index (χ1n) is 4.57. The summed E-state index contributed by atoms with van der Waals surface area (Å²) < 4.78 is 10.6. The Bertz CT molecular complexity index is 371. The predicted octanol–water partition coefficient (Wildman–Crippen LogP) is 1.83. The summed E-state index contributed by atoms with van der Waals surface area (Å²) >= 11 is 0. The fourth-order valence-corrected chi connectivity index (χ4v) is 1.73. The molecule has 0 spiro atoms. The molecule has 0 N–H and O–H groups in total. The number of benzene rings is 1. The summed E-state index contributed by atoms with van der Waals surface area (Å²) in [6.45, 7) is 2.01. The standard InChI is InChI=1S/C11H12O3/c1-7-3-8-4-9(6-12)10(13-2)5-11(8)14-7/h4-7H,3H2,1-2H3. The van der Waals surface area contributed by atoms with Crippen molar-refractivity contribution < 1.29 is 14.3 Å². The van der Waals surface area contributed by atoms with Crippen LogP contribution in [0.3, 0.4) is 0 Å². The molecular weight excluding hydrogens is 180 g/mol. The molecule has 0 saturated carbocycles. The van der Waals surface area contributed by atoms with Gasteiger partial charge < -0.3 is 9.47 Å². The van der Waals surface area contributed by atoms with Crippen molar-refractivity contribution in [1.82, 2.24) is 0 Å². The van der Waals surface area contributed by atoms with Crippen molar-refractivity contribution in [3.05, 3.63) is 23.3 Å². The van der Waals surface area contributed by atoms with E-state index in [1.807, 2.05) is 13.0 Å². The number of rotatable bonds is 2. The molecule has 1 aliphatic rings. The molecule has 0 aliphatic carbocycles. The van der Waals surface area contributed by atoms with Crippen molar-refractivity contribution in [1.29, 1.82) is 0 Å². The number of aldehydes is 1. The van der Waals surface area contributed by atoms with Crippen molar-refractivity contribution in [2.75, 3.05) is 7.11 Å². The second-order valence-electron chi connectivity index (χ2n) is 3.45. The Morgan fingerprint density at radius 2 is 2.36 bits per heavy atom. The van der Waals surface area contributed by atoms with Crippen LogP contribution in [0.1, 0.15) is 22.8 Å². The SMILES string of the molecule is COc1cc2c(cc1C=O)CC(C)O2. The first-order valence-corrected chi connectivity index (χ1v) is 4.57. The Kier molecular flexibility index (Phi) is 2.15. The quantitative estimate of drug-likeness (QED) is 0.670. The van der Waals surface area contributed by atoms with Crippen molar-refractivity contribution >= 4 is 6.29 Å². The highest BCUT2D eigenvalue weighted by atomic mass is 16.5. The minimum absolute atomic E-state index is 0.191. The average Bonchev–Trinajstić information content (AvgIpc) is 2.54. The second-order valence-corrected chi connectivity index (χ2v) is 3.45. The number of carbonyl (C=O) groups is 1. The van der Waals surface area contributed by atoms with Crippen molar-refractivity contribution in [3.63, 3.8) is 0 Å². The van der Waals surface area contributed by atoms with E-state index in [0.717, 1.165) is 24.0 Å². The van der Waals surface area contributed by atoms with Crippen LogP contribution < -0.4 is 9.47 Å². The molecule has 0 aromatic heterocycles. The van der Waals surface area contributed by atoms with E-state index in [2.05, 4.69) is 0 Å². The van der Waals surface area contributed by atoms with Crippen LogP contribution in [0.25, 0.3) is 0 Å². The lowest BCUT2D eigenvalue weighted by molar-refractivity contribution is 0.112. The smallest absolute Gasteiger partial charge is 0.153 e. The summed E-state index contributed by atoms with van der Waals surface area (Å²) in [5, 5.41) is 0. The van der Waals surface area contributed by atoms with Gasteiger partial charge in [-0.1, -0.05) is 0 Å². The maximum atomic E-state index is 10.7. The van der Waals surface area contributed by atoms with Crippen LogP contribution >= 0.6 is 0 Å². The molecule has 14 heavy (non-hydrogen) atoms. The van der Waals surface area contributed by atoms with E-state index in [1.54, 1.807) is 13.2 Å². The number of ether oxygens (including phenoxy) is 2. The first kappa shape index (κ1) is 9.06. The van der Waals surface area contributed by atoms with Crippen LogP contribution in [0.15, 0.2) is 12.1 Å². The van der Waals surface area contributed by atoms with Crippen molar-refractivity contribution in [2.45, 2.75) is 19.4 Å². The van der Waals surface area contributed by atoms with E-state index in [4.69, 9.17) is 9.47 Å². The van der Waals surface area contributed by atoms with E-state index in [1.165, 1.54) is 0 Å². The van der Waals surface area contributed by atoms with Gasteiger partial charge in [0, 0.05) is 12.5 Å². The Balaban J connectivity index is 2.48.